The number of nitrogens with one attached hydrogen (secondary N) is 1. The Labute approximate surface area is 126 Å². The fourth-order valence-electron chi connectivity index (χ4n) is 1.94. The van der Waals surface area contributed by atoms with Crippen LogP contribution < -0.4 is 5.32 Å². The van der Waals surface area contributed by atoms with Gasteiger partial charge in [-0.1, -0.05) is 11.3 Å². The first-order chi connectivity index (χ1) is 9.76. The van der Waals surface area contributed by atoms with Gasteiger partial charge in [-0.15, -0.1) is 0 Å². The maximum Gasteiger partial charge on any atom is 0.413 e. The predicted molar refractivity (Wildman–Crippen MR) is 76.9 cm³/mol. The fourth-order valence-corrected chi connectivity index (χ4v) is 2.78. The van der Waals surface area contributed by atoms with E-state index in [-0.39, 0.29) is 16.1 Å². The number of amides is 1. The second kappa shape index (κ2) is 5.98. The van der Waals surface area contributed by atoms with E-state index in [1.165, 1.54) is 0 Å². The minimum absolute atomic E-state index is 0.0907. The lowest BCUT2D eigenvalue weighted by atomic mass is 10.1. The van der Waals surface area contributed by atoms with Crippen molar-refractivity contribution in [2.45, 2.75) is 45.3 Å². The second-order valence-corrected chi connectivity index (χ2v) is 6.67. The van der Waals surface area contributed by atoms with E-state index in [2.05, 4.69) is 10.3 Å². The highest BCUT2D eigenvalue weighted by atomic mass is 32.1. The van der Waals surface area contributed by atoms with Gasteiger partial charge < -0.3 is 14.6 Å². The summed E-state index contributed by atoms with van der Waals surface area (Å²) in [6.07, 6.45) is 0.625. The first-order valence-electron chi connectivity index (χ1n) is 6.62. The number of carbonyl (C=O) groups excluding carboxylic acids is 1. The van der Waals surface area contributed by atoms with Crippen LogP contribution in [0.3, 0.4) is 0 Å². The average Bonchev–Trinajstić information content (AvgIpc) is 2.92. The van der Waals surface area contributed by atoms with Crippen molar-refractivity contribution in [2.24, 2.45) is 0 Å². The lowest BCUT2D eigenvalue weighted by Crippen LogP contribution is -2.27. The number of aromatic nitrogens is 1. The standard InChI is InChI=1S/C13H18N2O5S/c1-13(2,3)20-12(18)15-11-14-8(7-5-4-6-19-7)9(21-11)10(16)17/h7H,4-6H2,1-3H3,(H,16,17)(H,14,15,18). The van der Waals surface area contributed by atoms with Crippen molar-refractivity contribution in [2.75, 3.05) is 11.9 Å². The Morgan fingerprint density at radius 1 is 1.48 bits per heavy atom. The van der Waals surface area contributed by atoms with Crippen LogP contribution >= 0.6 is 11.3 Å². The van der Waals surface area contributed by atoms with Crippen LogP contribution in [0.1, 0.15) is 55.1 Å². The number of carbonyl (C=O) groups is 2. The molecule has 1 unspecified atom stereocenters. The summed E-state index contributed by atoms with van der Waals surface area (Å²) in [6.45, 7) is 5.83. The maximum absolute atomic E-state index is 11.7. The Kier molecular flexibility index (Phi) is 4.48. The Balaban J connectivity index is 2.15. The van der Waals surface area contributed by atoms with E-state index in [9.17, 15) is 14.7 Å². The van der Waals surface area contributed by atoms with Crippen molar-refractivity contribution in [1.29, 1.82) is 0 Å². The summed E-state index contributed by atoms with van der Waals surface area (Å²) >= 11 is 0.906. The molecule has 0 aromatic carbocycles. The molecule has 1 saturated heterocycles. The van der Waals surface area contributed by atoms with E-state index >= 15 is 0 Å². The van der Waals surface area contributed by atoms with Crippen LogP contribution in [0.5, 0.6) is 0 Å². The molecule has 7 nitrogen and oxygen atoms in total. The quantitative estimate of drug-likeness (QED) is 0.890. The molecule has 2 rings (SSSR count). The molecule has 1 aliphatic heterocycles. The largest absolute Gasteiger partial charge is 0.477 e. The first-order valence-corrected chi connectivity index (χ1v) is 7.43. The molecule has 1 aromatic heterocycles. The third-order valence-electron chi connectivity index (χ3n) is 2.69. The average molecular weight is 314 g/mol. The summed E-state index contributed by atoms with van der Waals surface area (Å²) in [6, 6.07) is 0. The van der Waals surface area contributed by atoms with E-state index in [1.54, 1.807) is 20.8 Å². The van der Waals surface area contributed by atoms with Crippen LogP contribution in [-0.4, -0.2) is 34.4 Å². The molecule has 1 atom stereocenters. The SMILES string of the molecule is CC(C)(C)OC(=O)Nc1nc(C2CCCO2)c(C(=O)O)s1. The number of rotatable bonds is 3. The van der Waals surface area contributed by atoms with Crippen molar-refractivity contribution in [3.63, 3.8) is 0 Å². The van der Waals surface area contributed by atoms with Crippen molar-refractivity contribution >= 4 is 28.5 Å². The lowest BCUT2D eigenvalue weighted by molar-refractivity contribution is 0.0634. The number of hydrogen-bond acceptors (Lipinski definition) is 6. The summed E-state index contributed by atoms with van der Waals surface area (Å²) in [4.78, 5) is 27.2. The molecule has 1 aromatic rings. The number of ether oxygens (including phenoxy) is 2. The molecular weight excluding hydrogens is 296 g/mol. The third kappa shape index (κ3) is 4.15. The molecule has 2 N–H and O–H groups in total. The molecule has 0 aliphatic carbocycles. The van der Waals surface area contributed by atoms with Gasteiger partial charge >= 0.3 is 12.1 Å². The molecule has 0 radical (unpaired) electrons. The van der Waals surface area contributed by atoms with Gasteiger partial charge in [0.05, 0.1) is 5.69 Å². The van der Waals surface area contributed by atoms with Crippen LogP contribution in [0.2, 0.25) is 0 Å². The van der Waals surface area contributed by atoms with Gasteiger partial charge in [-0.05, 0) is 33.6 Å². The smallest absolute Gasteiger partial charge is 0.413 e. The summed E-state index contributed by atoms with van der Waals surface area (Å²) in [5.74, 6) is -1.07. The highest BCUT2D eigenvalue weighted by molar-refractivity contribution is 7.17. The Bertz CT molecular complexity index is 543. The minimum Gasteiger partial charge on any atom is -0.477 e. The molecule has 116 valence electrons. The van der Waals surface area contributed by atoms with E-state index < -0.39 is 17.7 Å². The number of carboxylic acids is 1. The van der Waals surface area contributed by atoms with E-state index in [1.807, 2.05) is 0 Å². The number of thiazole rings is 1. The summed E-state index contributed by atoms with van der Waals surface area (Å²) in [7, 11) is 0. The normalized spacial score (nSPS) is 18.5. The maximum atomic E-state index is 11.7. The van der Waals surface area contributed by atoms with Crippen LogP contribution in [0.25, 0.3) is 0 Å². The number of aromatic carboxylic acids is 1. The topological polar surface area (TPSA) is 97.8 Å². The molecule has 1 amide bonds. The Hall–Kier alpha value is -1.67. The minimum atomic E-state index is -1.07. The molecule has 0 spiro atoms. The molecule has 21 heavy (non-hydrogen) atoms. The summed E-state index contributed by atoms with van der Waals surface area (Å²) in [5, 5.41) is 11.9. The zero-order chi connectivity index (χ0) is 15.6. The van der Waals surface area contributed by atoms with Gasteiger partial charge in [0.15, 0.2) is 5.13 Å². The second-order valence-electron chi connectivity index (χ2n) is 5.67. The van der Waals surface area contributed by atoms with E-state index in [0.717, 1.165) is 24.2 Å². The highest BCUT2D eigenvalue weighted by Gasteiger charge is 2.28. The molecule has 1 aliphatic rings. The molecule has 8 heteroatoms. The fraction of sp³-hybridized carbons (Fsp3) is 0.615. The molecule has 2 heterocycles. The Morgan fingerprint density at radius 2 is 2.19 bits per heavy atom. The summed E-state index contributed by atoms with van der Waals surface area (Å²) < 4.78 is 10.6. The van der Waals surface area contributed by atoms with Gasteiger partial charge in [0, 0.05) is 6.61 Å². The molecule has 0 saturated carbocycles. The van der Waals surface area contributed by atoms with Crippen molar-refractivity contribution < 1.29 is 24.2 Å². The van der Waals surface area contributed by atoms with Gasteiger partial charge in [0.2, 0.25) is 0 Å². The number of anilines is 1. The van der Waals surface area contributed by atoms with Crippen LogP contribution in [0.15, 0.2) is 0 Å². The van der Waals surface area contributed by atoms with Crippen LogP contribution in [-0.2, 0) is 9.47 Å². The van der Waals surface area contributed by atoms with E-state index in [4.69, 9.17) is 9.47 Å². The van der Waals surface area contributed by atoms with Gasteiger partial charge in [-0.3, -0.25) is 5.32 Å². The molecule has 0 bridgehead atoms. The number of nitrogens with zero attached hydrogens (tertiary/aromatic N) is 1. The van der Waals surface area contributed by atoms with Gasteiger partial charge in [-0.25, -0.2) is 14.6 Å². The Morgan fingerprint density at radius 3 is 2.71 bits per heavy atom. The third-order valence-corrected chi connectivity index (χ3v) is 3.66. The first kappa shape index (κ1) is 15.7. The molecular formula is C13H18N2O5S. The van der Waals surface area contributed by atoms with Crippen molar-refractivity contribution in [1.82, 2.24) is 4.98 Å². The van der Waals surface area contributed by atoms with Gasteiger partial charge in [0.25, 0.3) is 0 Å². The van der Waals surface area contributed by atoms with Crippen molar-refractivity contribution in [3.8, 4) is 0 Å². The number of carboxylic acid groups (broad SMARTS) is 1. The number of hydrogen-bond donors (Lipinski definition) is 2. The highest BCUT2D eigenvalue weighted by Crippen LogP contribution is 2.35. The summed E-state index contributed by atoms with van der Waals surface area (Å²) in [5.41, 5.74) is -0.259. The lowest BCUT2D eigenvalue weighted by Gasteiger charge is -2.18. The zero-order valence-electron chi connectivity index (χ0n) is 12.1. The van der Waals surface area contributed by atoms with Crippen LogP contribution in [0, 0.1) is 0 Å². The predicted octanol–water partition coefficient (Wildman–Crippen LogP) is 3.04. The van der Waals surface area contributed by atoms with Gasteiger partial charge in [0.1, 0.15) is 16.6 Å². The van der Waals surface area contributed by atoms with Crippen LogP contribution in [0.4, 0.5) is 9.93 Å². The zero-order valence-corrected chi connectivity index (χ0v) is 13.0. The van der Waals surface area contributed by atoms with Gasteiger partial charge in [-0.2, -0.15) is 0 Å². The monoisotopic (exact) mass is 314 g/mol. The molecule has 1 fully saturated rings. The van der Waals surface area contributed by atoms with E-state index in [0.29, 0.717) is 12.3 Å². The van der Waals surface area contributed by atoms with Crippen molar-refractivity contribution in [3.05, 3.63) is 10.6 Å².